The summed E-state index contributed by atoms with van der Waals surface area (Å²) in [7, 11) is 1.77. The van der Waals surface area contributed by atoms with E-state index in [0.717, 1.165) is 27.4 Å². The molecule has 6 heteroatoms. The fourth-order valence-electron chi connectivity index (χ4n) is 2.46. The van der Waals surface area contributed by atoms with E-state index in [4.69, 9.17) is 0 Å². The molecule has 2 heterocycles. The van der Waals surface area contributed by atoms with Gasteiger partial charge in [-0.3, -0.25) is 14.5 Å². The summed E-state index contributed by atoms with van der Waals surface area (Å²) in [5.41, 5.74) is 4.41. The molecule has 0 radical (unpaired) electrons. The van der Waals surface area contributed by atoms with E-state index >= 15 is 0 Å². The summed E-state index contributed by atoms with van der Waals surface area (Å²) in [4.78, 5) is 17.8. The Balaban J connectivity index is 1.75. The number of hydrogen-bond acceptors (Lipinski definition) is 4. The molecule has 0 bridgehead atoms. The Morgan fingerprint density at radius 3 is 2.69 bits per heavy atom. The van der Waals surface area contributed by atoms with Gasteiger partial charge in [0.15, 0.2) is 5.69 Å². The molecule has 1 amide bonds. The summed E-state index contributed by atoms with van der Waals surface area (Å²) >= 11 is 1.42. The lowest BCUT2D eigenvalue weighted by atomic mass is 10.1. The molecular weight excluding hydrogens is 344 g/mol. The van der Waals surface area contributed by atoms with Gasteiger partial charge < -0.3 is 5.32 Å². The molecule has 3 aromatic rings. The first-order valence-electron chi connectivity index (χ1n) is 8.15. The number of benzene rings is 1. The molecule has 0 fully saturated rings. The quantitative estimate of drug-likeness (QED) is 0.693. The minimum absolute atomic E-state index is 0.266. The van der Waals surface area contributed by atoms with Gasteiger partial charge >= 0.3 is 0 Å². The van der Waals surface area contributed by atoms with Crippen LogP contribution in [-0.2, 0) is 7.05 Å². The first kappa shape index (κ1) is 17.9. The van der Waals surface area contributed by atoms with Crippen molar-refractivity contribution in [1.29, 1.82) is 0 Å². The van der Waals surface area contributed by atoms with E-state index in [1.807, 2.05) is 32.0 Å². The smallest absolute Gasteiger partial charge is 0.276 e. The number of aromatic nitrogens is 3. The minimum Gasteiger partial charge on any atom is -0.315 e. The van der Waals surface area contributed by atoms with Crippen molar-refractivity contribution in [2.75, 3.05) is 0 Å². The molecule has 0 saturated carbocycles. The van der Waals surface area contributed by atoms with Gasteiger partial charge in [-0.05, 0) is 43.7 Å². The van der Waals surface area contributed by atoms with Crippen LogP contribution in [0.2, 0.25) is 0 Å². The van der Waals surface area contributed by atoms with Crippen LogP contribution in [0.25, 0.3) is 11.3 Å². The van der Waals surface area contributed by atoms with Crippen LogP contribution in [0.1, 0.15) is 21.7 Å². The number of nitrogens with zero attached hydrogens (tertiary/aromatic N) is 3. The maximum atomic E-state index is 12.2. The predicted molar refractivity (Wildman–Crippen MR) is 105 cm³/mol. The molecule has 0 aliphatic carbocycles. The average molecular weight is 364 g/mol. The molecule has 5 nitrogen and oxygen atoms in total. The molecule has 0 saturated heterocycles. The normalized spacial score (nSPS) is 10.6. The van der Waals surface area contributed by atoms with Gasteiger partial charge in [0.05, 0.1) is 10.7 Å². The van der Waals surface area contributed by atoms with Crippen LogP contribution in [0, 0.1) is 13.8 Å². The minimum atomic E-state index is -0.266. The molecule has 2 aromatic heterocycles. The predicted octanol–water partition coefficient (Wildman–Crippen LogP) is 4.09. The Morgan fingerprint density at radius 2 is 2.00 bits per heavy atom. The Bertz CT molecular complexity index is 977. The van der Waals surface area contributed by atoms with Crippen molar-refractivity contribution < 1.29 is 4.79 Å². The second-order valence-electron chi connectivity index (χ2n) is 6.00. The van der Waals surface area contributed by atoms with Gasteiger partial charge in [0.1, 0.15) is 0 Å². The summed E-state index contributed by atoms with van der Waals surface area (Å²) in [5, 5.41) is 7.44. The van der Waals surface area contributed by atoms with E-state index in [1.165, 1.54) is 11.8 Å². The summed E-state index contributed by atoms with van der Waals surface area (Å²) in [6.45, 7) is 7.97. The highest BCUT2D eigenvalue weighted by molar-refractivity contribution is 8.03. The van der Waals surface area contributed by atoms with Gasteiger partial charge in [0.2, 0.25) is 0 Å². The van der Waals surface area contributed by atoms with Crippen molar-refractivity contribution in [3.8, 4) is 11.3 Å². The first-order chi connectivity index (χ1) is 12.4. The lowest BCUT2D eigenvalue weighted by Crippen LogP contribution is -2.21. The van der Waals surface area contributed by atoms with Crippen molar-refractivity contribution in [2.45, 2.75) is 18.7 Å². The highest BCUT2D eigenvalue weighted by Crippen LogP contribution is 2.31. The molecule has 26 heavy (non-hydrogen) atoms. The summed E-state index contributed by atoms with van der Waals surface area (Å²) in [6, 6.07) is 13.8. The Labute approximate surface area is 157 Å². The third kappa shape index (κ3) is 4.21. The number of hydrogen-bond donors (Lipinski definition) is 1. The topological polar surface area (TPSA) is 59.8 Å². The van der Waals surface area contributed by atoms with Crippen LogP contribution >= 0.6 is 11.8 Å². The number of amides is 1. The van der Waals surface area contributed by atoms with E-state index in [0.29, 0.717) is 10.7 Å². The molecule has 3 rings (SSSR count). The maximum absolute atomic E-state index is 12.2. The molecule has 0 spiro atoms. The van der Waals surface area contributed by atoms with Gasteiger partial charge in [0, 0.05) is 29.4 Å². The number of aryl methyl sites for hydroxylation is 3. The lowest BCUT2D eigenvalue weighted by Gasteiger charge is -2.11. The molecule has 0 aliphatic heterocycles. The zero-order valence-electron chi connectivity index (χ0n) is 15.0. The van der Waals surface area contributed by atoms with Crippen molar-refractivity contribution in [2.24, 2.45) is 7.05 Å². The SMILES string of the molecule is C=C(NC(=O)c1ccn(C)n1)Sc1cc(-c2cccc(C)n2)ccc1C. The molecular formula is C20H20N4OS. The lowest BCUT2D eigenvalue weighted by molar-refractivity contribution is 0.0963. The number of rotatable bonds is 5. The number of nitrogens with one attached hydrogen (secondary N) is 1. The van der Waals surface area contributed by atoms with Gasteiger partial charge in [0.25, 0.3) is 5.91 Å². The van der Waals surface area contributed by atoms with Crippen LogP contribution in [0.3, 0.4) is 0 Å². The molecule has 0 aliphatic rings. The van der Waals surface area contributed by atoms with Gasteiger partial charge in [-0.25, -0.2) is 0 Å². The highest BCUT2D eigenvalue weighted by atomic mass is 32.2. The summed E-state index contributed by atoms with van der Waals surface area (Å²) in [5.74, 6) is -0.266. The van der Waals surface area contributed by atoms with Crippen LogP contribution < -0.4 is 5.32 Å². The third-order valence-corrected chi connectivity index (χ3v) is 4.81. The van der Waals surface area contributed by atoms with E-state index in [-0.39, 0.29) is 5.91 Å². The van der Waals surface area contributed by atoms with Crippen LogP contribution in [0.4, 0.5) is 0 Å². The fraction of sp³-hybridized carbons (Fsp3) is 0.150. The van der Waals surface area contributed by atoms with E-state index in [9.17, 15) is 4.79 Å². The standard InChI is InChI=1S/C20H20N4OS/c1-13-8-9-16(17-7-5-6-14(2)21-17)12-19(13)26-15(3)22-20(25)18-10-11-24(4)23-18/h5-12H,3H2,1-2,4H3,(H,22,25). The summed E-state index contributed by atoms with van der Waals surface area (Å²) in [6.07, 6.45) is 1.73. The molecule has 1 aromatic carbocycles. The van der Waals surface area contributed by atoms with Gasteiger partial charge in [-0.1, -0.05) is 36.5 Å². The van der Waals surface area contributed by atoms with E-state index in [2.05, 4.69) is 40.2 Å². The number of pyridine rings is 1. The molecule has 0 unspecified atom stereocenters. The zero-order valence-corrected chi connectivity index (χ0v) is 15.8. The Kier molecular flexibility index (Phi) is 5.23. The molecule has 132 valence electrons. The fourth-order valence-corrected chi connectivity index (χ4v) is 3.28. The van der Waals surface area contributed by atoms with E-state index in [1.54, 1.807) is 24.0 Å². The third-order valence-electron chi connectivity index (χ3n) is 3.80. The largest absolute Gasteiger partial charge is 0.315 e. The second kappa shape index (κ2) is 7.58. The number of carbonyl (C=O) groups is 1. The number of carbonyl (C=O) groups excluding carboxylic acids is 1. The van der Waals surface area contributed by atoms with Crippen molar-refractivity contribution >= 4 is 17.7 Å². The van der Waals surface area contributed by atoms with Gasteiger partial charge in [-0.15, -0.1) is 0 Å². The van der Waals surface area contributed by atoms with E-state index < -0.39 is 0 Å². The van der Waals surface area contributed by atoms with Gasteiger partial charge in [-0.2, -0.15) is 5.10 Å². The zero-order chi connectivity index (χ0) is 18.7. The van der Waals surface area contributed by atoms with Crippen molar-refractivity contribution in [1.82, 2.24) is 20.1 Å². The summed E-state index contributed by atoms with van der Waals surface area (Å²) < 4.78 is 1.59. The highest BCUT2D eigenvalue weighted by Gasteiger charge is 2.12. The maximum Gasteiger partial charge on any atom is 0.276 e. The average Bonchev–Trinajstić information content (AvgIpc) is 3.03. The van der Waals surface area contributed by atoms with Crippen LogP contribution in [-0.4, -0.2) is 20.7 Å². The van der Waals surface area contributed by atoms with Crippen LogP contribution in [0.5, 0.6) is 0 Å². The number of thioether (sulfide) groups is 1. The van der Waals surface area contributed by atoms with Crippen LogP contribution in [0.15, 0.2) is 65.2 Å². The van der Waals surface area contributed by atoms with Crippen molar-refractivity contribution in [3.05, 3.63) is 77.2 Å². The first-order valence-corrected chi connectivity index (χ1v) is 8.96. The molecule has 0 atom stereocenters. The monoisotopic (exact) mass is 364 g/mol. The Hall–Kier alpha value is -2.86. The van der Waals surface area contributed by atoms with Crippen molar-refractivity contribution in [3.63, 3.8) is 0 Å². The molecule has 1 N–H and O–H groups in total. The Morgan fingerprint density at radius 1 is 1.19 bits per heavy atom. The second-order valence-corrected chi connectivity index (χ2v) is 7.14.